The van der Waals surface area contributed by atoms with E-state index in [2.05, 4.69) is 5.32 Å². The number of methoxy groups -OCH3 is 1. The molecule has 146 valence electrons. The molecule has 1 amide bonds. The second-order valence-electron chi connectivity index (χ2n) is 7.07. The maximum Gasteiger partial charge on any atom is 0.252 e. The molecule has 1 heterocycles. The first kappa shape index (κ1) is 19.7. The quantitative estimate of drug-likeness (QED) is 0.710. The lowest BCUT2D eigenvalue weighted by molar-refractivity contribution is -0.119. The summed E-state index contributed by atoms with van der Waals surface area (Å²) in [5.41, 5.74) is 4.07. The molecule has 0 bridgehead atoms. The van der Waals surface area contributed by atoms with E-state index in [1.165, 1.54) is 0 Å². The van der Waals surface area contributed by atoms with Crippen LogP contribution in [-0.4, -0.2) is 17.6 Å². The van der Waals surface area contributed by atoms with Crippen LogP contribution in [0.5, 0.6) is 5.75 Å². The largest absolute Gasteiger partial charge is 0.495 e. The van der Waals surface area contributed by atoms with Crippen LogP contribution in [0.25, 0.3) is 10.9 Å². The lowest BCUT2D eigenvalue weighted by Crippen LogP contribution is -2.33. The molecule has 1 aromatic heterocycles. The Bertz CT molecular complexity index is 1080. The summed E-state index contributed by atoms with van der Waals surface area (Å²) in [6.45, 7) is 7.72. The molecule has 0 saturated carbocycles. The number of anilines is 1. The predicted octanol–water partition coefficient (Wildman–Crippen LogP) is 4.53. The number of carbonyl (C=O) groups is 1. The summed E-state index contributed by atoms with van der Waals surface area (Å²) < 4.78 is 7.08. The van der Waals surface area contributed by atoms with Gasteiger partial charge in [0, 0.05) is 17.1 Å². The van der Waals surface area contributed by atoms with Crippen molar-refractivity contribution in [3.8, 4) is 5.75 Å². The van der Waals surface area contributed by atoms with Crippen LogP contribution in [-0.2, 0) is 4.79 Å². The van der Waals surface area contributed by atoms with Crippen LogP contribution in [0, 0.1) is 20.8 Å². The van der Waals surface area contributed by atoms with Gasteiger partial charge in [-0.3, -0.25) is 14.2 Å². The van der Waals surface area contributed by atoms with E-state index in [1.807, 2.05) is 64.1 Å². The third-order valence-corrected chi connectivity index (χ3v) is 5.19. The van der Waals surface area contributed by atoms with Crippen LogP contribution >= 0.6 is 0 Å². The van der Waals surface area contributed by atoms with E-state index in [1.54, 1.807) is 17.7 Å². The van der Waals surface area contributed by atoms with Gasteiger partial charge in [-0.25, -0.2) is 0 Å². The summed E-state index contributed by atoms with van der Waals surface area (Å²) in [5.74, 6) is 0.370. The topological polar surface area (TPSA) is 60.3 Å². The van der Waals surface area contributed by atoms with Gasteiger partial charge < -0.3 is 10.1 Å². The first-order chi connectivity index (χ1) is 13.4. The van der Waals surface area contributed by atoms with Gasteiger partial charge in [-0.05, 0) is 49.9 Å². The zero-order chi connectivity index (χ0) is 20.4. The second-order valence-corrected chi connectivity index (χ2v) is 7.07. The summed E-state index contributed by atoms with van der Waals surface area (Å²) >= 11 is 0. The van der Waals surface area contributed by atoms with Crippen LogP contribution < -0.4 is 15.6 Å². The molecular formula is C23H26N2O3. The van der Waals surface area contributed by atoms with Crippen molar-refractivity contribution in [1.29, 1.82) is 0 Å². The third kappa shape index (κ3) is 3.40. The molecule has 0 spiro atoms. The number of rotatable bonds is 5. The Morgan fingerprint density at radius 3 is 2.32 bits per heavy atom. The number of benzene rings is 2. The van der Waals surface area contributed by atoms with Crippen LogP contribution in [0.3, 0.4) is 0 Å². The van der Waals surface area contributed by atoms with Crippen LogP contribution in [0.4, 0.5) is 5.69 Å². The normalized spacial score (nSPS) is 12.0. The number of para-hydroxylation sites is 2. The van der Waals surface area contributed by atoms with Gasteiger partial charge >= 0.3 is 0 Å². The fourth-order valence-electron chi connectivity index (χ4n) is 3.71. The number of hydrogen-bond donors (Lipinski definition) is 1. The van der Waals surface area contributed by atoms with Crippen molar-refractivity contribution < 1.29 is 9.53 Å². The van der Waals surface area contributed by atoms with Gasteiger partial charge in [-0.2, -0.15) is 0 Å². The average molecular weight is 378 g/mol. The number of aryl methyl sites for hydroxylation is 3. The maximum absolute atomic E-state index is 13.2. The molecule has 3 aromatic rings. The smallest absolute Gasteiger partial charge is 0.252 e. The van der Waals surface area contributed by atoms with E-state index in [9.17, 15) is 9.59 Å². The minimum atomic E-state index is -0.647. The van der Waals surface area contributed by atoms with Crippen molar-refractivity contribution in [3.05, 3.63) is 69.5 Å². The number of nitrogens with zero attached hydrogens (tertiary/aromatic N) is 1. The molecule has 0 aliphatic heterocycles. The van der Waals surface area contributed by atoms with Gasteiger partial charge in [-0.15, -0.1) is 0 Å². The van der Waals surface area contributed by atoms with Gasteiger partial charge in [0.2, 0.25) is 5.91 Å². The van der Waals surface area contributed by atoms with Crippen molar-refractivity contribution in [2.75, 3.05) is 12.4 Å². The van der Waals surface area contributed by atoms with Gasteiger partial charge in [0.15, 0.2) is 0 Å². The lowest BCUT2D eigenvalue weighted by Gasteiger charge is -2.23. The molecule has 5 nitrogen and oxygen atoms in total. The molecule has 0 saturated heterocycles. The summed E-state index contributed by atoms with van der Waals surface area (Å²) in [6.07, 6.45) is 0.479. The summed E-state index contributed by atoms with van der Waals surface area (Å²) in [6, 6.07) is 12.5. The van der Waals surface area contributed by atoms with E-state index in [0.29, 0.717) is 17.7 Å². The molecule has 0 aliphatic rings. The summed E-state index contributed by atoms with van der Waals surface area (Å²) in [4.78, 5) is 26.2. The van der Waals surface area contributed by atoms with Crippen molar-refractivity contribution in [2.24, 2.45) is 0 Å². The van der Waals surface area contributed by atoms with E-state index >= 15 is 0 Å². The highest BCUT2D eigenvalue weighted by atomic mass is 16.5. The monoisotopic (exact) mass is 378 g/mol. The molecule has 1 unspecified atom stereocenters. The summed E-state index contributed by atoms with van der Waals surface area (Å²) in [7, 11) is 1.57. The number of carbonyl (C=O) groups excluding carboxylic acids is 1. The molecule has 0 fully saturated rings. The number of pyridine rings is 1. The second kappa shape index (κ2) is 7.89. The summed E-state index contributed by atoms with van der Waals surface area (Å²) in [5, 5.41) is 3.93. The van der Waals surface area contributed by atoms with Crippen molar-refractivity contribution in [3.63, 3.8) is 0 Å². The number of amides is 1. The van der Waals surface area contributed by atoms with Crippen molar-refractivity contribution in [2.45, 2.75) is 40.2 Å². The lowest BCUT2D eigenvalue weighted by atomic mass is 10.1. The molecule has 0 radical (unpaired) electrons. The SMILES string of the molecule is CCC(C(=O)Nc1c(C)cccc1C)n1c(=O)cc(C)c2cccc(OC)c21. The van der Waals surface area contributed by atoms with Crippen molar-refractivity contribution >= 4 is 22.5 Å². The van der Waals surface area contributed by atoms with Crippen LogP contribution in [0.15, 0.2) is 47.3 Å². The average Bonchev–Trinajstić information content (AvgIpc) is 2.67. The standard InChI is InChI=1S/C23H26N2O3/c1-6-18(23(27)24-21-14(2)9-7-10-15(21)3)25-20(26)13-16(4)17-11-8-12-19(28-5)22(17)25/h7-13,18H,6H2,1-5H3,(H,24,27). The minimum absolute atomic E-state index is 0.210. The molecule has 1 atom stereocenters. The Hall–Kier alpha value is -3.08. The number of aromatic nitrogens is 1. The van der Waals surface area contributed by atoms with E-state index < -0.39 is 6.04 Å². The number of ether oxygens (including phenoxy) is 1. The Kier molecular flexibility index (Phi) is 5.54. The Balaban J connectivity index is 2.16. The zero-order valence-electron chi connectivity index (χ0n) is 17.0. The van der Waals surface area contributed by atoms with Crippen molar-refractivity contribution in [1.82, 2.24) is 4.57 Å². The number of hydrogen-bond acceptors (Lipinski definition) is 3. The Labute approximate surface area is 165 Å². The van der Waals surface area contributed by atoms with E-state index in [4.69, 9.17) is 4.74 Å². The fourth-order valence-corrected chi connectivity index (χ4v) is 3.71. The number of fused-ring (bicyclic) bond motifs is 1. The van der Waals surface area contributed by atoms with Crippen LogP contribution in [0.1, 0.15) is 36.1 Å². The third-order valence-electron chi connectivity index (χ3n) is 5.19. The molecule has 2 aromatic carbocycles. The van der Waals surface area contributed by atoms with Gasteiger partial charge in [-0.1, -0.05) is 37.3 Å². The molecule has 28 heavy (non-hydrogen) atoms. The fraction of sp³-hybridized carbons (Fsp3) is 0.304. The number of nitrogens with one attached hydrogen (secondary N) is 1. The zero-order valence-corrected chi connectivity index (χ0v) is 17.0. The minimum Gasteiger partial charge on any atom is -0.495 e. The van der Waals surface area contributed by atoms with Gasteiger partial charge in [0.05, 0.1) is 12.6 Å². The molecule has 5 heteroatoms. The predicted molar refractivity (Wildman–Crippen MR) is 113 cm³/mol. The highest BCUT2D eigenvalue weighted by Gasteiger charge is 2.24. The first-order valence-electron chi connectivity index (χ1n) is 9.45. The Morgan fingerprint density at radius 1 is 1.07 bits per heavy atom. The maximum atomic E-state index is 13.2. The highest BCUT2D eigenvalue weighted by molar-refractivity contribution is 5.97. The molecule has 3 rings (SSSR count). The van der Waals surface area contributed by atoms with E-state index in [-0.39, 0.29) is 11.5 Å². The van der Waals surface area contributed by atoms with Gasteiger partial charge in [0.25, 0.3) is 5.56 Å². The molecule has 1 N–H and O–H groups in total. The Morgan fingerprint density at radius 2 is 1.71 bits per heavy atom. The van der Waals surface area contributed by atoms with Crippen LogP contribution in [0.2, 0.25) is 0 Å². The van der Waals surface area contributed by atoms with E-state index in [0.717, 1.165) is 27.8 Å². The molecule has 0 aliphatic carbocycles. The van der Waals surface area contributed by atoms with Gasteiger partial charge in [0.1, 0.15) is 11.8 Å². The highest BCUT2D eigenvalue weighted by Crippen LogP contribution is 2.30. The molecular weight excluding hydrogens is 352 g/mol. The first-order valence-corrected chi connectivity index (χ1v) is 9.45.